The monoisotopic (exact) mass is 358 g/mol. The van der Waals surface area contributed by atoms with Gasteiger partial charge in [0.05, 0.1) is 11.7 Å². The molecule has 0 saturated carbocycles. The Bertz CT molecular complexity index is 764. The van der Waals surface area contributed by atoms with Crippen molar-refractivity contribution >= 4 is 23.2 Å². The number of Topliss-reactive ketones (excluding diaryl/α,β-unsaturated/α-hetero) is 1. The number of amides is 1. The van der Waals surface area contributed by atoms with Crippen LogP contribution in [0.15, 0.2) is 35.7 Å². The molecule has 0 radical (unpaired) electrons. The fraction of sp³-hybridized carbons (Fsp3) is 0.421. The highest BCUT2D eigenvalue weighted by Gasteiger charge is 2.38. The standard InChI is InChI=1S/C19H22N2O3S/c1-19(2,3)24-18(23)21-10-9-16(22)15(21)11-14-12-25-17(20-14)13-7-5-4-6-8-13/h4-8,12,15H,9-11H2,1-3H3. The van der Waals surface area contributed by atoms with Crippen LogP contribution >= 0.6 is 11.3 Å². The number of ether oxygens (including phenoxy) is 1. The summed E-state index contributed by atoms with van der Waals surface area (Å²) >= 11 is 1.55. The van der Waals surface area contributed by atoms with Crippen LogP contribution in [0.3, 0.4) is 0 Å². The number of hydrogen-bond acceptors (Lipinski definition) is 5. The molecule has 0 spiro atoms. The van der Waals surface area contributed by atoms with Crippen molar-refractivity contribution in [3.63, 3.8) is 0 Å². The van der Waals surface area contributed by atoms with Crippen molar-refractivity contribution in [3.8, 4) is 10.6 Å². The molecule has 1 aromatic heterocycles. The number of thiazole rings is 1. The predicted octanol–water partition coefficient (Wildman–Crippen LogP) is 3.93. The molecule has 0 bridgehead atoms. The number of carbonyl (C=O) groups excluding carboxylic acids is 2. The fourth-order valence-electron chi connectivity index (χ4n) is 2.80. The molecule has 132 valence electrons. The fourth-order valence-corrected chi connectivity index (χ4v) is 3.64. The second-order valence-electron chi connectivity index (χ2n) is 7.12. The zero-order valence-electron chi connectivity index (χ0n) is 14.7. The molecule has 1 fully saturated rings. The van der Waals surface area contributed by atoms with Crippen molar-refractivity contribution in [3.05, 3.63) is 41.4 Å². The number of carbonyl (C=O) groups is 2. The Hall–Kier alpha value is -2.21. The average molecular weight is 358 g/mol. The van der Waals surface area contributed by atoms with E-state index in [1.165, 1.54) is 4.90 Å². The van der Waals surface area contributed by atoms with Gasteiger partial charge in [0, 0.05) is 30.3 Å². The minimum Gasteiger partial charge on any atom is -0.444 e. The average Bonchev–Trinajstić information content (AvgIpc) is 3.15. The van der Waals surface area contributed by atoms with Gasteiger partial charge >= 0.3 is 6.09 Å². The third-order valence-corrected chi connectivity index (χ3v) is 4.89. The van der Waals surface area contributed by atoms with Crippen LogP contribution in [0.2, 0.25) is 0 Å². The molecule has 1 aliphatic heterocycles. The van der Waals surface area contributed by atoms with Gasteiger partial charge in [-0.3, -0.25) is 9.69 Å². The van der Waals surface area contributed by atoms with Gasteiger partial charge in [-0.05, 0) is 20.8 Å². The van der Waals surface area contributed by atoms with Gasteiger partial charge in [0.1, 0.15) is 10.6 Å². The first-order valence-corrected chi connectivity index (χ1v) is 9.23. The third-order valence-electron chi connectivity index (χ3n) is 3.95. The molecule has 1 amide bonds. The van der Waals surface area contributed by atoms with Gasteiger partial charge in [0.25, 0.3) is 0 Å². The highest BCUT2D eigenvalue weighted by molar-refractivity contribution is 7.13. The predicted molar refractivity (Wildman–Crippen MR) is 97.6 cm³/mol. The molecule has 6 heteroatoms. The Labute approximate surface area is 151 Å². The normalized spacial score (nSPS) is 17.8. The molecule has 5 nitrogen and oxygen atoms in total. The minimum atomic E-state index is -0.575. The SMILES string of the molecule is CC(C)(C)OC(=O)N1CCC(=O)C1Cc1csc(-c2ccccc2)n1. The zero-order valence-corrected chi connectivity index (χ0v) is 15.5. The van der Waals surface area contributed by atoms with Crippen LogP contribution in [0, 0.1) is 0 Å². The Kier molecular flexibility index (Phi) is 4.90. The maximum absolute atomic E-state index is 12.4. The molecule has 1 aliphatic rings. The second kappa shape index (κ2) is 6.96. The number of ketones is 1. The van der Waals surface area contributed by atoms with E-state index in [0.717, 1.165) is 16.3 Å². The van der Waals surface area contributed by atoms with Crippen molar-refractivity contribution in [2.75, 3.05) is 6.54 Å². The van der Waals surface area contributed by atoms with Crippen LogP contribution in [-0.4, -0.2) is 39.9 Å². The van der Waals surface area contributed by atoms with Gasteiger partial charge in [0.2, 0.25) is 0 Å². The van der Waals surface area contributed by atoms with E-state index in [2.05, 4.69) is 4.98 Å². The number of likely N-dealkylation sites (tertiary alicyclic amines) is 1. The minimum absolute atomic E-state index is 0.0696. The maximum atomic E-state index is 12.4. The summed E-state index contributed by atoms with van der Waals surface area (Å²) in [6.45, 7) is 5.88. The second-order valence-corrected chi connectivity index (χ2v) is 7.98. The highest BCUT2D eigenvalue weighted by Crippen LogP contribution is 2.26. The first kappa shape index (κ1) is 17.6. The summed E-state index contributed by atoms with van der Waals surface area (Å²) in [7, 11) is 0. The van der Waals surface area contributed by atoms with Gasteiger partial charge in [-0.25, -0.2) is 9.78 Å². The Balaban J connectivity index is 1.73. The van der Waals surface area contributed by atoms with Crippen LogP contribution in [0.5, 0.6) is 0 Å². The van der Waals surface area contributed by atoms with Crippen LogP contribution in [0.1, 0.15) is 32.9 Å². The van der Waals surface area contributed by atoms with Crippen molar-refractivity contribution in [2.24, 2.45) is 0 Å². The Morgan fingerprint density at radius 2 is 2.04 bits per heavy atom. The van der Waals surface area contributed by atoms with Crippen molar-refractivity contribution in [1.29, 1.82) is 0 Å². The van der Waals surface area contributed by atoms with Crippen LogP contribution in [0.4, 0.5) is 4.79 Å². The molecule has 3 rings (SSSR count). The third kappa shape index (κ3) is 4.25. The molecular formula is C19H22N2O3S. The zero-order chi connectivity index (χ0) is 18.0. The molecule has 2 heterocycles. The van der Waals surface area contributed by atoms with E-state index in [1.807, 2.05) is 56.5 Å². The van der Waals surface area contributed by atoms with E-state index in [-0.39, 0.29) is 5.78 Å². The van der Waals surface area contributed by atoms with Gasteiger partial charge in [-0.1, -0.05) is 30.3 Å². The number of hydrogen-bond donors (Lipinski definition) is 0. The number of benzene rings is 1. The summed E-state index contributed by atoms with van der Waals surface area (Å²) in [6, 6.07) is 9.45. The summed E-state index contributed by atoms with van der Waals surface area (Å²) in [5.41, 5.74) is 1.31. The molecule has 1 aromatic carbocycles. The molecular weight excluding hydrogens is 336 g/mol. The molecule has 1 saturated heterocycles. The van der Waals surface area contributed by atoms with Crippen LogP contribution < -0.4 is 0 Å². The lowest BCUT2D eigenvalue weighted by Crippen LogP contribution is -2.42. The lowest BCUT2D eigenvalue weighted by molar-refractivity contribution is -0.120. The lowest BCUT2D eigenvalue weighted by atomic mass is 10.1. The van der Waals surface area contributed by atoms with Gasteiger partial charge in [-0.15, -0.1) is 11.3 Å². The quantitative estimate of drug-likeness (QED) is 0.834. The van der Waals surface area contributed by atoms with E-state index in [4.69, 9.17) is 4.74 Å². The largest absolute Gasteiger partial charge is 0.444 e. The lowest BCUT2D eigenvalue weighted by Gasteiger charge is -2.27. The van der Waals surface area contributed by atoms with Crippen molar-refractivity contribution < 1.29 is 14.3 Å². The summed E-state index contributed by atoms with van der Waals surface area (Å²) in [4.78, 5) is 30.8. The van der Waals surface area contributed by atoms with E-state index in [9.17, 15) is 9.59 Å². The molecule has 0 N–H and O–H groups in total. The molecule has 2 aromatic rings. The molecule has 0 aliphatic carbocycles. The Morgan fingerprint density at radius 3 is 2.72 bits per heavy atom. The number of rotatable bonds is 3. The highest BCUT2D eigenvalue weighted by atomic mass is 32.1. The first-order chi connectivity index (χ1) is 11.8. The summed E-state index contributed by atoms with van der Waals surface area (Å²) in [5.74, 6) is 0.0696. The van der Waals surface area contributed by atoms with Crippen molar-refractivity contribution in [1.82, 2.24) is 9.88 Å². The summed E-state index contributed by atoms with van der Waals surface area (Å²) in [6.07, 6.45) is 0.378. The van der Waals surface area contributed by atoms with Crippen molar-refractivity contribution in [2.45, 2.75) is 45.3 Å². The number of nitrogens with zero attached hydrogens (tertiary/aromatic N) is 2. The molecule has 1 atom stereocenters. The summed E-state index contributed by atoms with van der Waals surface area (Å²) < 4.78 is 5.43. The molecule has 25 heavy (non-hydrogen) atoms. The smallest absolute Gasteiger partial charge is 0.410 e. The molecule has 1 unspecified atom stereocenters. The van der Waals surface area contributed by atoms with E-state index in [1.54, 1.807) is 11.3 Å². The topological polar surface area (TPSA) is 59.5 Å². The van der Waals surface area contributed by atoms with Gasteiger partial charge < -0.3 is 4.74 Å². The van der Waals surface area contributed by atoms with Gasteiger partial charge in [0.15, 0.2) is 5.78 Å². The number of aromatic nitrogens is 1. The van der Waals surface area contributed by atoms with E-state index in [0.29, 0.717) is 19.4 Å². The van der Waals surface area contributed by atoms with E-state index >= 15 is 0 Å². The van der Waals surface area contributed by atoms with Gasteiger partial charge in [-0.2, -0.15) is 0 Å². The first-order valence-electron chi connectivity index (χ1n) is 8.35. The van der Waals surface area contributed by atoms with Crippen LogP contribution in [-0.2, 0) is 16.0 Å². The maximum Gasteiger partial charge on any atom is 0.410 e. The van der Waals surface area contributed by atoms with Crippen LogP contribution in [0.25, 0.3) is 10.6 Å². The summed E-state index contributed by atoms with van der Waals surface area (Å²) in [5, 5.41) is 2.88. The van der Waals surface area contributed by atoms with E-state index < -0.39 is 17.7 Å². The Morgan fingerprint density at radius 1 is 1.32 bits per heavy atom.